The number of halogens is 1. The average molecular weight is 297 g/mol. The van der Waals surface area contributed by atoms with Crippen LogP contribution in [-0.2, 0) is 9.53 Å². The number of pyridine rings is 1. The second-order valence-electron chi connectivity index (χ2n) is 4.69. The number of hydrogen-bond donors (Lipinski definition) is 0. The number of rotatable bonds is 4. The van der Waals surface area contributed by atoms with Gasteiger partial charge in [-0.15, -0.1) is 0 Å². The lowest BCUT2D eigenvalue weighted by Gasteiger charge is -2.33. The van der Waals surface area contributed by atoms with E-state index in [1.165, 1.54) is 6.20 Å². The van der Waals surface area contributed by atoms with Crippen LogP contribution >= 0.6 is 11.6 Å². The minimum atomic E-state index is -0.132. The van der Waals surface area contributed by atoms with Gasteiger partial charge in [0.15, 0.2) is 6.29 Å². The standard InChI is InChI=1S/C14H17ClN2O3/c1-2-20-14(19)10-3-5-17(6-4-10)13-8-16-7-12(15)11(13)9-18/h7-10H,2-6H2,1H3. The van der Waals surface area contributed by atoms with Crippen molar-refractivity contribution in [1.82, 2.24) is 4.98 Å². The Hall–Kier alpha value is -1.62. The molecule has 108 valence electrons. The summed E-state index contributed by atoms with van der Waals surface area (Å²) in [4.78, 5) is 28.9. The molecule has 0 aliphatic carbocycles. The molecule has 1 aliphatic heterocycles. The van der Waals surface area contributed by atoms with Crippen molar-refractivity contribution in [2.45, 2.75) is 19.8 Å². The molecule has 2 rings (SSSR count). The molecule has 0 amide bonds. The van der Waals surface area contributed by atoms with Crippen LogP contribution in [0.15, 0.2) is 12.4 Å². The van der Waals surface area contributed by atoms with Gasteiger partial charge in [-0.1, -0.05) is 11.6 Å². The van der Waals surface area contributed by atoms with E-state index in [2.05, 4.69) is 4.98 Å². The van der Waals surface area contributed by atoms with E-state index in [0.29, 0.717) is 43.1 Å². The zero-order valence-electron chi connectivity index (χ0n) is 11.3. The lowest BCUT2D eigenvalue weighted by atomic mass is 9.96. The molecule has 5 nitrogen and oxygen atoms in total. The van der Waals surface area contributed by atoms with Crippen molar-refractivity contribution < 1.29 is 14.3 Å². The molecule has 0 N–H and O–H groups in total. The molecule has 0 aromatic carbocycles. The SMILES string of the molecule is CCOC(=O)C1CCN(c2cncc(Cl)c2C=O)CC1. The maximum absolute atomic E-state index is 11.7. The van der Waals surface area contributed by atoms with E-state index < -0.39 is 0 Å². The maximum Gasteiger partial charge on any atom is 0.309 e. The Kier molecular flexibility index (Phi) is 4.95. The van der Waals surface area contributed by atoms with Crippen molar-refractivity contribution in [3.8, 4) is 0 Å². The number of ether oxygens (including phenoxy) is 1. The van der Waals surface area contributed by atoms with Gasteiger partial charge in [-0.3, -0.25) is 14.6 Å². The van der Waals surface area contributed by atoms with Crippen molar-refractivity contribution >= 4 is 29.5 Å². The van der Waals surface area contributed by atoms with Gasteiger partial charge in [0.05, 0.1) is 35.0 Å². The van der Waals surface area contributed by atoms with E-state index in [9.17, 15) is 9.59 Å². The number of anilines is 1. The second kappa shape index (κ2) is 6.70. The minimum absolute atomic E-state index is 0.0574. The number of hydrogen-bond acceptors (Lipinski definition) is 5. The van der Waals surface area contributed by atoms with E-state index in [1.54, 1.807) is 13.1 Å². The van der Waals surface area contributed by atoms with Gasteiger partial charge < -0.3 is 9.64 Å². The Labute approximate surface area is 122 Å². The Morgan fingerprint density at radius 2 is 2.20 bits per heavy atom. The number of aromatic nitrogens is 1. The Balaban J connectivity index is 2.06. The van der Waals surface area contributed by atoms with Gasteiger partial charge in [0.2, 0.25) is 0 Å². The molecule has 0 bridgehead atoms. The average Bonchev–Trinajstić information content (AvgIpc) is 2.47. The summed E-state index contributed by atoms with van der Waals surface area (Å²) in [6, 6.07) is 0. The fourth-order valence-electron chi connectivity index (χ4n) is 2.42. The highest BCUT2D eigenvalue weighted by molar-refractivity contribution is 6.33. The third-order valence-electron chi connectivity index (χ3n) is 3.49. The van der Waals surface area contributed by atoms with Crippen LogP contribution in [0.2, 0.25) is 5.02 Å². The van der Waals surface area contributed by atoms with Crippen LogP contribution in [0.3, 0.4) is 0 Å². The smallest absolute Gasteiger partial charge is 0.309 e. The number of carbonyl (C=O) groups is 2. The summed E-state index contributed by atoms with van der Waals surface area (Å²) in [5.74, 6) is -0.190. The minimum Gasteiger partial charge on any atom is -0.466 e. The lowest BCUT2D eigenvalue weighted by Crippen LogP contribution is -2.37. The van der Waals surface area contributed by atoms with Crippen LogP contribution < -0.4 is 4.90 Å². The highest BCUT2D eigenvalue weighted by Crippen LogP contribution is 2.29. The summed E-state index contributed by atoms with van der Waals surface area (Å²) >= 11 is 5.97. The van der Waals surface area contributed by atoms with E-state index in [1.807, 2.05) is 4.90 Å². The molecule has 0 unspecified atom stereocenters. The monoisotopic (exact) mass is 296 g/mol. The first-order chi connectivity index (χ1) is 9.67. The Morgan fingerprint density at radius 3 is 2.80 bits per heavy atom. The summed E-state index contributed by atoms with van der Waals surface area (Å²) < 4.78 is 5.04. The molecule has 0 radical (unpaired) electrons. The van der Waals surface area contributed by atoms with Crippen LogP contribution in [0, 0.1) is 5.92 Å². The largest absolute Gasteiger partial charge is 0.466 e. The molecule has 1 aromatic rings. The van der Waals surface area contributed by atoms with Crippen molar-refractivity contribution in [3.05, 3.63) is 23.0 Å². The van der Waals surface area contributed by atoms with Gasteiger partial charge in [0.25, 0.3) is 0 Å². The first kappa shape index (κ1) is 14.8. The number of aldehydes is 1. The quantitative estimate of drug-likeness (QED) is 0.630. The van der Waals surface area contributed by atoms with Crippen molar-refractivity contribution in [1.29, 1.82) is 0 Å². The fraction of sp³-hybridized carbons (Fsp3) is 0.500. The van der Waals surface area contributed by atoms with Gasteiger partial charge in [0, 0.05) is 19.3 Å². The van der Waals surface area contributed by atoms with Crippen molar-refractivity contribution in [2.24, 2.45) is 5.92 Å². The predicted octanol–water partition coefficient (Wildman–Crippen LogP) is 2.33. The summed E-state index contributed by atoms with van der Waals surface area (Å²) in [5.41, 5.74) is 1.19. The fourth-order valence-corrected chi connectivity index (χ4v) is 2.62. The summed E-state index contributed by atoms with van der Waals surface area (Å²) in [7, 11) is 0. The molecule has 1 aromatic heterocycles. The molecule has 6 heteroatoms. The molecular formula is C14H17ClN2O3. The van der Waals surface area contributed by atoms with Crippen LogP contribution in [0.1, 0.15) is 30.1 Å². The second-order valence-corrected chi connectivity index (χ2v) is 5.09. The molecule has 1 fully saturated rings. The molecule has 0 atom stereocenters. The first-order valence-electron chi connectivity index (χ1n) is 6.67. The zero-order valence-corrected chi connectivity index (χ0v) is 12.1. The van der Waals surface area contributed by atoms with E-state index >= 15 is 0 Å². The van der Waals surface area contributed by atoms with Crippen LogP contribution in [0.4, 0.5) is 5.69 Å². The summed E-state index contributed by atoms with van der Waals surface area (Å²) in [6.45, 7) is 3.59. The maximum atomic E-state index is 11.7. The van der Waals surface area contributed by atoms with Gasteiger partial charge in [0.1, 0.15) is 0 Å². The molecule has 0 saturated carbocycles. The molecule has 1 aliphatic rings. The molecule has 2 heterocycles. The van der Waals surface area contributed by atoms with Gasteiger partial charge >= 0.3 is 5.97 Å². The Bertz CT molecular complexity index is 499. The third kappa shape index (κ3) is 3.10. The van der Waals surface area contributed by atoms with Crippen molar-refractivity contribution in [3.63, 3.8) is 0 Å². The topological polar surface area (TPSA) is 59.5 Å². The predicted molar refractivity (Wildman–Crippen MR) is 76.2 cm³/mol. The molecular weight excluding hydrogens is 280 g/mol. The molecule has 1 saturated heterocycles. The van der Waals surface area contributed by atoms with Gasteiger partial charge in [-0.2, -0.15) is 0 Å². The lowest BCUT2D eigenvalue weighted by molar-refractivity contribution is -0.148. The van der Waals surface area contributed by atoms with Crippen LogP contribution in [0.25, 0.3) is 0 Å². The Morgan fingerprint density at radius 1 is 1.50 bits per heavy atom. The van der Waals surface area contributed by atoms with E-state index in [-0.39, 0.29) is 11.9 Å². The number of nitrogens with zero attached hydrogens (tertiary/aromatic N) is 2. The highest BCUT2D eigenvalue weighted by atomic mass is 35.5. The first-order valence-corrected chi connectivity index (χ1v) is 7.05. The van der Waals surface area contributed by atoms with E-state index in [0.717, 1.165) is 12.0 Å². The van der Waals surface area contributed by atoms with Crippen LogP contribution in [-0.4, -0.2) is 36.9 Å². The summed E-state index contributed by atoms with van der Waals surface area (Å²) in [6.07, 6.45) is 5.27. The number of carbonyl (C=O) groups excluding carboxylic acids is 2. The van der Waals surface area contributed by atoms with Gasteiger partial charge in [-0.05, 0) is 19.8 Å². The van der Waals surface area contributed by atoms with Gasteiger partial charge in [-0.25, -0.2) is 0 Å². The summed E-state index contributed by atoms with van der Waals surface area (Å²) in [5, 5.41) is 0.352. The number of piperidine rings is 1. The third-order valence-corrected chi connectivity index (χ3v) is 3.79. The van der Waals surface area contributed by atoms with Crippen LogP contribution in [0.5, 0.6) is 0 Å². The zero-order chi connectivity index (χ0) is 14.5. The van der Waals surface area contributed by atoms with E-state index in [4.69, 9.17) is 16.3 Å². The number of esters is 1. The molecule has 0 spiro atoms. The normalized spacial score (nSPS) is 16.0. The highest BCUT2D eigenvalue weighted by Gasteiger charge is 2.27. The van der Waals surface area contributed by atoms with Crippen molar-refractivity contribution in [2.75, 3.05) is 24.6 Å². The molecule has 20 heavy (non-hydrogen) atoms.